The largest absolute Gasteiger partial charge is 0.503 e. The molecule has 1 aromatic heterocycles. The Bertz CT molecular complexity index is 1590. The molecule has 0 radical (unpaired) electrons. The first-order chi connectivity index (χ1) is 18.9. The van der Waals surface area contributed by atoms with Gasteiger partial charge in [-0.3, -0.25) is 14.5 Å². The van der Waals surface area contributed by atoms with Gasteiger partial charge in [0.15, 0.2) is 16.7 Å². The predicted molar refractivity (Wildman–Crippen MR) is 156 cm³/mol. The zero-order valence-electron chi connectivity index (χ0n) is 22.2. The van der Waals surface area contributed by atoms with E-state index in [2.05, 4.69) is 6.92 Å². The van der Waals surface area contributed by atoms with Gasteiger partial charge in [0.25, 0.3) is 5.91 Å². The Balaban J connectivity index is 1.57. The lowest BCUT2D eigenvalue weighted by atomic mass is 9.95. The van der Waals surface area contributed by atoms with Crippen molar-refractivity contribution < 1.29 is 19.4 Å². The van der Waals surface area contributed by atoms with Gasteiger partial charge in [0.1, 0.15) is 5.75 Å². The van der Waals surface area contributed by atoms with E-state index in [1.165, 1.54) is 22.3 Å². The second-order valence-corrected chi connectivity index (χ2v) is 10.7. The van der Waals surface area contributed by atoms with E-state index in [1.807, 2.05) is 80.6 Å². The van der Waals surface area contributed by atoms with Gasteiger partial charge in [-0.1, -0.05) is 79.3 Å². The number of rotatable bonds is 9. The van der Waals surface area contributed by atoms with Gasteiger partial charge in [-0.15, -0.1) is 0 Å². The number of hydrogen-bond acceptors (Lipinski definition) is 6. The molecule has 1 atom stereocenters. The van der Waals surface area contributed by atoms with Crippen molar-refractivity contribution in [3.05, 3.63) is 106 Å². The molecule has 1 unspecified atom stereocenters. The molecule has 39 heavy (non-hydrogen) atoms. The monoisotopic (exact) mass is 538 g/mol. The number of nitrogens with zero attached hydrogens (tertiary/aromatic N) is 2. The van der Waals surface area contributed by atoms with E-state index >= 15 is 0 Å². The summed E-state index contributed by atoms with van der Waals surface area (Å²) in [6.07, 6.45) is 5.07. The van der Waals surface area contributed by atoms with E-state index in [9.17, 15) is 14.7 Å². The maximum atomic E-state index is 13.5. The molecular weight excluding hydrogens is 508 g/mol. The molecule has 0 bridgehead atoms. The normalized spacial score (nSPS) is 15.6. The maximum Gasteiger partial charge on any atom is 0.296 e. The van der Waals surface area contributed by atoms with Gasteiger partial charge in [-0.25, -0.2) is 4.98 Å². The fraction of sp³-hybridized carbons (Fsp3) is 0.219. The van der Waals surface area contributed by atoms with Crippen LogP contribution in [0, 0.1) is 13.8 Å². The highest BCUT2D eigenvalue weighted by Gasteiger charge is 2.45. The molecule has 2 heterocycles. The lowest BCUT2D eigenvalue weighted by molar-refractivity contribution is -0.117. The molecule has 0 saturated carbocycles. The molecule has 7 heteroatoms. The van der Waals surface area contributed by atoms with Crippen molar-refractivity contribution in [2.24, 2.45) is 0 Å². The van der Waals surface area contributed by atoms with Crippen molar-refractivity contribution in [1.29, 1.82) is 0 Å². The van der Waals surface area contributed by atoms with Crippen molar-refractivity contribution in [1.82, 2.24) is 4.98 Å². The van der Waals surface area contributed by atoms with Gasteiger partial charge in [0, 0.05) is 0 Å². The fourth-order valence-electron chi connectivity index (χ4n) is 4.74. The van der Waals surface area contributed by atoms with Crippen LogP contribution in [0.1, 0.15) is 48.1 Å². The van der Waals surface area contributed by atoms with Gasteiger partial charge in [0.05, 0.1) is 28.4 Å². The molecule has 6 nitrogen and oxygen atoms in total. The number of amides is 1. The molecule has 198 valence electrons. The standard InChI is InChI=1S/C32H30N2O4S/c1-4-5-17-38-24-14-12-23(13-15-24)29-27(25(35)16-11-22-9-7-6-8-10-22)30(36)31(37)34(29)32-33-28-21(3)18-20(2)19-26(28)39-32/h6-16,18-19,29,36H,4-5,17H2,1-3H3. The highest BCUT2D eigenvalue weighted by molar-refractivity contribution is 7.22. The number of hydrogen-bond donors (Lipinski definition) is 1. The van der Waals surface area contributed by atoms with Gasteiger partial charge in [-0.2, -0.15) is 0 Å². The number of allylic oxidation sites excluding steroid dienone is 1. The Kier molecular flexibility index (Phi) is 7.61. The number of anilines is 1. The Labute approximate surface area is 231 Å². The SMILES string of the molecule is CCCCOc1ccc(C2C(C(=O)C=Cc3ccccc3)=C(O)C(=O)N2c2nc3c(C)cc(C)cc3s2)cc1. The second kappa shape index (κ2) is 11.3. The number of benzene rings is 3. The van der Waals surface area contributed by atoms with Crippen LogP contribution in [0.4, 0.5) is 5.13 Å². The number of carbonyl (C=O) groups is 2. The third-order valence-electron chi connectivity index (χ3n) is 6.69. The molecule has 1 N–H and O–H groups in total. The first-order valence-corrected chi connectivity index (χ1v) is 13.8. The molecule has 0 spiro atoms. The summed E-state index contributed by atoms with van der Waals surface area (Å²) in [7, 11) is 0. The van der Waals surface area contributed by atoms with Crippen molar-refractivity contribution in [3.63, 3.8) is 0 Å². The van der Waals surface area contributed by atoms with E-state index in [4.69, 9.17) is 9.72 Å². The van der Waals surface area contributed by atoms with Gasteiger partial charge in [0.2, 0.25) is 0 Å². The molecular formula is C32H30N2O4S. The first-order valence-electron chi connectivity index (χ1n) is 13.0. The number of ether oxygens (including phenoxy) is 1. The van der Waals surface area contributed by atoms with Crippen LogP contribution in [-0.2, 0) is 9.59 Å². The number of ketones is 1. The predicted octanol–water partition coefficient (Wildman–Crippen LogP) is 7.27. The number of thiazole rings is 1. The number of aryl methyl sites for hydroxylation is 2. The molecule has 0 aliphatic carbocycles. The quantitative estimate of drug-likeness (QED) is 0.179. The zero-order chi connectivity index (χ0) is 27.5. The molecule has 0 fully saturated rings. The van der Waals surface area contributed by atoms with E-state index < -0.39 is 23.5 Å². The van der Waals surface area contributed by atoms with E-state index in [0.29, 0.717) is 23.1 Å². The Morgan fingerprint density at radius 1 is 1.10 bits per heavy atom. The van der Waals surface area contributed by atoms with Gasteiger partial charge in [-0.05, 0) is 66.8 Å². The molecule has 1 amide bonds. The Morgan fingerprint density at radius 2 is 1.85 bits per heavy atom. The number of aliphatic hydroxyl groups is 1. The van der Waals surface area contributed by atoms with Crippen LogP contribution in [0.25, 0.3) is 16.3 Å². The van der Waals surface area contributed by atoms with E-state index in [0.717, 1.165) is 39.7 Å². The Morgan fingerprint density at radius 3 is 2.56 bits per heavy atom. The summed E-state index contributed by atoms with van der Waals surface area (Å²) in [5.41, 5.74) is 4.45. The highest BCUT2D eigenvalue weighted by atomic mass is 32.1. The summed E-state index contributed by atoms with van der Waals surface area (Å²) in [5.74, 6) is -0.931. The van der Waals surface area contributed by atoms with Crippen molar-refractivity contribution in [2.75, 3.05) is 11.5 Å². The van der Waals surface area contributed by atoms with Crippen LogP contribution in [0.5, 0.6) is 5.75 Å². The fourth-order valence-corrected chi connectivity index (χ4v) is 5.91. The molecule has 0 saturated heterocycles. The van der Waals surface area contributed by atoms with Crippen LogP contribution in [-0.4, -0.2) is 28.4 Å². The van der Waals surface area contributed by atoms with Gasteiger partial charge >= 0.3 is 0 Å². The number of carbonyl (C=O) groups excluding carboxylic acids is 2. The first kappa shape index (κ1) is 26.4. The lowest BCUT2D eigenvalue weighted by Gasteiger charge is -2.24. The minimum Gasteiger partial charge on any atom is -0.503 e. The lowest BCUT2D eigenvalue weighted by Crippen LogP contribution is -2.30. The van der Waals surface area contributed by atoms with Crippen LogP contribution in [0.3, 0.4) is 0 Å². The summed E-state index contributed by atoms with van der Waals surface area (Å²) in [6.45, 7) is 6.72. The molecule has 4 aromatic rings. The average Bonchev–Trinajstić information content (AvgIpc) is 3.47. The second-order valence-electron chi connectivity index (χ2n) is 9.64. The minimum absolute atomic E-state index is 0.0268. The number of fused-ring (bicyclic) bond motifs is 1. The summed E-state index contributed by atoms with van der Waals surface area (Å²) in [4.78, 5) is 33.3. The summed E-state index contributed by atoms with van der Waals surface area (Å²) >= 11 is 1.37. The van der Waals surface area contributed by atoms with E-state index in [-0.39, 0.29) is 5.57 Å². The van der Waals surface area contributed by atoms with Crippen molar-refractivity contribution in [3.8, 4) is 5.75 Å². The van der Waals surface area contributed by atoms with Crippen molar-refractivity contribution in [2.45, 2.75) is 39.7 Å². The summed E-state index contributed by atoms with van der Waals surface area (Å²) < 4.78 is 6.76. The third-order valence-corrected chi connectivity index (χ3v) is 7.69. The molecule has 1 aliphatic rings. The Hall–Kier alpha value is -4.23. The zero-order valence-corrected chi connectivity index (χ0v) is 23.0. The van der Waals surface area contributed by atoms with Gasteiger partial charge < -0.3 is 9.84 Å². The molecule has 5 rings (SSSR count). The molecule has 1 aliphatic heterocycles. The third kappa shape index (κ3) is 5.36. The van der Waals surface area contributed by atoms with Crippen LogP contribution in [0.15, 0.2) is 84.1 Å². The van der Waals surface area contributed by atoms with Crippen LogP contribution < -0.4 is 9.64 Å². The minimum atomic E-state index is -0.836. The summed E-state index contributed by atoms with van der Waals surface area (Å²) in [5, 5.41) is 11.5. The highest BCUT2D eigenvalue weighted by Crippen LogP contribution is 2.44. The van der Waals surface area contributed by atoms with E-state index in [1.54, 1.807) is 6.08 Å². The number of aliphatic hydroxyl groups excluding tert-OH is 1. The number of unbranched alkanes of at least 4 members (excludes halogenated alkanes) is 1. The van der Waals surface area contributed by atoms with Crippen LogP contribution >= 0.6 is 11.3 Å². The molecule has 3 aromatic carbocycles. The smallest absolute Gasteiger partial charge is 0.296 e. The van der Waals surface area contributed by atoms with Crippen LogP contribution in [0.2, 0.25) is 0 Å². The number of aromatic nitrogens is 1. The average molecular weight is 539 g/mol. The van der Waals surface area contributed by atoms with Crippen molar-refractivity contribution >= 4 is 44.5 Å². The summed E-state index contributed by atoms with van der Waals surface area (Å²) in [6, 6.07) is 20.0. The maximum absolute atomic E-state index is 13.5. The topological polar surface area (TPSA) is 79.7 Å².